The lowest BCUT2D eigenvalue weighted by atomic mass is 9.97. The van der Waals surface area contributed by atoms with Crippen molar-refractivity contribution >= 4 is 5.57 Å². The summed E-state index contributed by atoms with van der Waals surface area (Å²) in [6.07, 6.45) is 12.8. The molecule has 1 nitrogen and oxygen atoms in total. The van der Waals surface area contributed by atoms with Crippen molar-refractivity contribution < 1.29 is 5.11 Å². The highest BCUT2D eigenvalue weighted by molar-refractivity contribution is 5.74. The third-order valence-electron chi connectivity index (χ3n) is 4.12. The first-order valence-electron chi connectivity index (χ1n) is 7.73. The molecule has 0 saturated heterocycles. The van der Waals surface area contributed by atoms with E-state index >= 15 is 0 Å². The molecule has 1 aliphatic carbocycles. The van der Waals surface area contributed by atoms with Crippen LogP contribution >= 0.6 is 0 Å². The Morgan fingerprint density at radius 3 is 2.60 bits per heavy atom. The van der Waals surface area contributed by atoms with Gasteiger partial charge in [0.25, 0.3) is 0 Å². The molecular weight excluding hydrogens is 244 g/mol. The van der Waals surface area contributed by atoms with Crippen LogP contribution in [0.25, 0.3) is 5.57 Å². The van der Waals surface area contributed by atoms with E-state index in [0.29, 0.717) is 0 Å². The molecule has 1 heteroatoms. The summed E-state index contributed by atoms with van der Waals surface area (Å²) in [7, 11) is 0. The number of unbranched alkanes of at least 4 members (excludes halogenated alkanes) is 2. The van der Waals surface area contributed by atoms with E-state index < -0.39 is 0 Å². The van der Waals surface area contributed by atoms with Crippen molar-refractivity contribution in [3.8, 4) is 12.3 Å². The average molecular weight is 268 g/mol. The lowest BCUT2D eigenvalue weighted by molar-refractivity contribution is 0.163. The van der Waals surface area contributed by atoms with E-state index in [1.165, 1.54) is 24.0 Å². The molecule has 0 fully saturated rings. The molecule has 0 heterocycles. The third kappa shape index (κ3) is 3.52. The standard InChI is InChI=1S/C19H24O/c1-3-5-6-10-19(20)17-13-11-16(12-14-17)18-9-7-8-15(18)4-2/h2,11-14,19-20H,3,5-10H2,1H3. The second-order valence-corrected chi connectivity index (χ2v) is 5.59. The van der Waals surface area contributed by atoms with Crippen molar-refractivity contribution in [2.75, 3.05) is 0 Å². The van der Waals surface area contributed by atoms with Crippen LogP contribution in [0.1, 0.15) is 69.1 Å². The summed E-state index contributed by atoms with van der Waals surface area (Å²) in [5.74, 6) is 2.81. The van der Waals surface area contributed by atoms with Crippen LogP contribution in [0.3, 0.4) is 0 Å². The lowest BCUT2D eigenvalue weighted by Gasteiger charge is -2.12. The minimum atomic E-state index is -0.333. The highest BCUT2D eigenvalue weighted by atomic mass is 16.3. The third-order valence-corrected chi connectivity index (χ3v) is 4.12. The van der Waals surface area contributed by atoms with Crippen LogP contribution in [0.15, 0.2) is 29.8 Å². The summed E-state index contributed by atoms with van der Waals surface area (Å²) in [5, 5.41) is 10.2. The molecule has 20 heavy (non-hydrogen) atoms. The van der Waals surface area contributed by atoms with Gasteiger partial charge in [0.2, 0.25) is 0 Å². The molecule has 1 aromatic rings. The van der Waals surface area contributed by atoms with Crippen molar-refractivity contribution in [3.63, 3.8) is 0 Å². The number of aliphatic hydroxyl groups excluding tert-OH is 1. The largest absolute Gasteiger partial charge is 0.388 e. The minimum absolute atomic E-state index is 0.333. The first-order chi connectivity index (χ1) is 9.76. The van der Waals surface area contributed by atoms with Gasteiger partial charge in [-0.3, -0.25) is 0 Å². The van der Waals surface area contributed by atoms with E-state index in [2.05, 4.69) is 25.0 Å². The van der Waals surface area contributed by atoms with Crippen LogP contribution in [0.5, 0.6) is 0 Å². The topological polar surface area (TPSA) is 20.2 Å². The van der Waals surface area contributed by atoms with Gasteiger partial charge in [-0.05, 0) is 42.4 Å². The van der Waals surface area contributed by atoms with E-state index in [-0.39, 0.29) is 6.10 Å². The van der Waals surface area contributed by atoms with Crippen molar-refractivity contribution in [2.24, 2.45) is 0 Å². The minimum Gasteiger partial charge on any atom is -0.388 e. The van der Waals surface area contributed by atoms with Crippen LogP contribution in [0.2, 0.25) is 0 Å². The van der Waals surface area contributed by atoms with E-state index in [9.17, 15) is 5.11 Å². The molecule has 1 aliphatic rings. The number of allylic oxidation sites excluding steroid dienone is 2. The maximum Gasteiger partial charge on any atom is 0.0790 e. The Bertz CT molecular complexity index is 502. The quantitative estimate of drug-likeness (QED) is 0.576. The van der Waals surface area contributed by atoms with Crippen molar-refractivity contribution in [2.45, 2.75) is 58.0 Å². The summed E-state index contributed by atoms with van der Waals surface area (Å²) in [6, 6.07) is 8.31. The highest BCUT2D eigenvalue weighted by Gasteiger charge is 2.15. The summed E-state index contributed by atoms with van der Waals surface area (Å²) in [5.41, 5.74) is 4.71. The van der Waals surface area contributed by atoms with E-state index in [4.69, 9.17) is 6.42 Å². The van der Waals surface area contributed by atoms with E-state index in [0.717, 1.165) is 43.2 Å². The molecule has 0 aliphatic heterocycles. The molecule has 0 saturated carbocycles. The first kappa shape index (κ1) is 14.9. The Labute approximate surface area is 122 Å². The number of rotatable bonds is 6. The molecule has 1 aromatic carbocycles. The molecule has 1 unspecified atom stereocenters. The number of hydrogen-bond acceptors (Lipinski definition) is 1. The predicted octanol–water partition coefficient (Wildman–Crippen LogP) is 4.87. The highest BCUT2D eigenvalue weighted by Crippen LogP contribution is 2.34. The van der Waals surface area contributed by atoms with Gasteiger partial charge in [0, 0.05) is 5.57 Å². The van der Waals surface area contributed by atoms with Gasteiger partial charge in [-0.1, -0.05) is 56.4 Å². The second kappa shape index (κ2) is 7.31. The van der Waals surface area contributed by atoms with Gasteiger partial charge in [0.15, 0.2) is 0 Å². The van der Waals surface area contributed by atoms with Crippen molar-refractivity contribution in [1.29, 1.82) is 0 Å². The molecule has 1 atom stereocenters. The maximum absolute atomic E-state index is 10.2. The van der Waals surface area contributed by atoms with Crippen LogP contribution in [-0.2, 0) is 0 Å². The fourth-order valence-electron chi connectivity index (χ4n) is 2.88. The van der Waals surface area contributed by atoms with E-state index in [1.54, 1.807) is 0 Å². The summed E-state index contributed by atoms with van der Waals surface area (Å²) in [6.45, 7) is 2.18. The van der Waals surface area contributed by atoms with Gasteiger partial charge in [-0.25, -0.2) is 0 Å². The summed E-state index contributed by atoms with van der Waals surface area (Å²) < 4.78 is 0. The first-order valence-corrected chi connectivity index (χ1v) is 7.73. The van der Waals surface area contributed by atoms with Crippen molar-refractivity contribution in [1.82, 2.24) is 0 Å². The van der Waals surface area contributed by atoms with Gasteiger partial charge >= 0.3 is 0 Å². The van der Waals surface area contributed by atoms with Crippen LogP contribution < -0.4 is 0 Å². The van der Waals surface area contributed by atoms with E-state index in [1.807, 2.05) is 12.1 Å². The fraction of sp³-hybridized carbons (Fsp3) is 0.474. The number of aliphatic hydroxyl groups is 1. The predicted molar refractivity (Wildman–Crippen MR) is 85.1 cm³/mol. The Kier molecular flexibility index (Phi) is 5.44. The normalized spacial score (nSPS) is 16.2. The summed E-state index contributed by atoms with van der Waals surface area (Å²) in [4.78, 5) is 0. The number of hydrogen-bond donors (Lipinski definition) is 1. The fourth-order valence-corrected chi connectivity index (χ4v) is 2.88. The molecule has 1 N–H and O–H groups in total. The van der Waals surface area contributed by atoms with Gasteiger partial charge < -0.3 is 5.11 Å². The van der Waals surface area contributed by atoms with Gasteiger partial charge in [-0.15, -0.1) is 6.42 Å². The molecule has 0 bridgehead atoms. The Morgan fingerprint density at radius 1 is 1.20 bits per heavy atom. The van der Waals surface area contributed by atoms with Crippen LogP contribution in [0.4, 0.5) is 0 Å². The van der Waals surface area contributed by atoms with Gasteiger partial charge in [-0.2, -0.15) is 0 Å². The number of benzene rings is 1. The molecule has 106 valence electrons. The molecule has 0 radical (unpaired) electrons. The molecule has 0 spiro atoms. The van der Waals surface area contributed by atoms with Gasteiger partial charge in [0.1, 0.15) is 0 Å². The zero-order valence-corrected chi connectivity index (χ0v) is 12.4. The maximum atomic E-state index is 10.2. The Balaban J connectivity index is 2.05. The molecule has 0 amide bonds. The molecule has 2 rings (SSSR count). The molecule has 0 aromatic heterocycles. The monoisotopic (exact) mass is 268 g/mol. The summed E-state index contributed by atoms with van der Waals surface area (Å²) >= 11 is 0. The van der Waals surface area contributed by atoms with Crippen LogP contribution in [0, 0.1) is 12.3 Å². The van der Waals surface area contributed by atoms with Crippen molar-refractivity contribution in [3.05, 3.63) is 41.0 Å². The van der Waals surface area contributed by atoms with Gasteiger partial charge in [0.05, 0.1) is 6.10 Å². The SMILES string of the molecule is C#CC1=C(c2ccc(C(O)CCCCC)cc2)CCC1. The lowest BCUT2D eigenvalue weighted by Crippen LogP contribution is -1.97. The molecular formula is C19H24O. The number of terminal acetylenes is 1. The zero-order valence-electron chi connectivity index (χ0n) is 12.4. The zero-order chi connectivity index (χ0) is 14.4. The second-order valence-electron chi connectivity index (χ2n) is 5.59. The Morgan fingerprint density at radius 2 is 1.95 bits per heavy atom. The smallest absolute Gasteiger partial charge is 0.0790 e. The average Bonchev–Trinajstić information content (AvgIpc) is 2.96. The van der Waals surface area contributed by atoms with Crippen LogP contribution in [-0.4, -0.2) is 5.11 Å². The Hall–Kier alpha value is -1.52.